The van der Waals surface area contributed by atoms with Gasteiger partial charge in [0, 0.05) is 45.3 Å². The molecule has 25 heavy (non-hydrogen) atoms. The average Bonchev–Trinajstić information content (AvgIpc) is 3.22. The molecule has 138 valence electrons. The molecule has 0 aromatic carbocycles. The standard InChI is InChI=1S/C17H29N7O/c1-13-20-21-16(22(13)2)11-18-17(19-14-3-4-14)24-6-5-15(12-24)23-7-9-25-10-8-23/h14-15H,3-12H2,1-2H3,(H,18,19). The van der Waals surface area contributed by atoms with Crippen LogP contribution in [-0.4, -0.2) is 82.0 Å². The molecule has 0 radical (unpaired) electrons. The first-order chi connectivity index (χ1) is 12.2. The summed E-state index contributed by atoms with van der Waals surface area (Å²) in [5.41, 5.74) is 0. The Hall–Kier alpha value is -1.67. The van der Waals surface area contributed by atoms with Crippen LogP contribution in [0.4, 0.5) is 0 Å². The predicted octanol–water partition coefficient (Wildman–Crippen LogP) is 0.138. The number of morpholine rings is 1. The maximum absolute atomic E-state index is 5.49. The summed E-state index contributed by atoms with van der Waals surface area (Å²) in [5, 5.41) is 12.0. The quantitative estimate of drug-likeness (QED) is 0.617. The van der Waals surface area contributed by atoms with Crippen LogP contribution in [0, 0.1) is 6.92 Å². The SMILES string of the molecule is Cc1nnc(CN=C(NC2CC2)N2CCC(N3CCOCC3)C2)n1C. The Bertz CT molecular complexity index is 619. The van der Waals surface area contributed by atoms with E-state index in [1.807, 2.05) is 18.5 Å². The third kappa shape index (κ3) is 3.95. The fourth-order valence-electron chi connectivity index (χ4n) is 3.56. The molecule has 1 aliphatic carbocycles. The fourth-order valence-corrected chi connectivity index (χ4v) is 3.56. The van der Waals surface area contributed by atoms with Gasteiger partial charge >= 0.3 is 0 Å². The highest BCUT2D eigenvalue weighted by Gasteiger charge is 2.32. The number of guanidine groups is 1. The van der Waals surface area contributed by atoms with Gasteiger partial charge in [-0.2, -0.15) is 0 Å². The molecule has 3 aliphatic rings. The number of nitrogens with one attached hydrogen (secondary N) is 1. The minimum Gasteiger partial charge on any atom is -0.379 e. The second kappa shape index (κ2) is 7.29. The summed E-state index contributed by atoms with van der Waals surface area (Å²) in [5.74, 6) is 2.88. The number of hydrogen-bond donors (Lipinski definition) is 1. The van der Waals surface area contributed by atoms with Crippen molar-refractivity contribution in [3.63, 3.8) is 0 Å². The van der Waals surface area contributed by atoms with Gasteiger partial charge in [0.2, 0.25) is 0 Å². The topological polar surface area (TPSA) is 70.8 Å². The lowest BCUT2D eigenvalue weighted by molar-refractivity contribution is 0.0195. The molecule has 0 amide bonds. The summed E-state index contributed by atoms with van der Waals surface area (Å²) in [7, 11) is 2.00. The first-order valence-electron chi connectivity index (χ1n) is 9.43. The molecule has 0 bridgehead atoms. The van der Waals surface area contributed by atoms with Crippen molar-refractivity contribution >= 4 is 5.96 Å². The summed E-state index contributed by atoms with van der Waals surface area (Å²) < 4.78 is 7.50. The number of likely N-dealkylation sites (tertiary alicyclic amines) is 1. The third-order valence-corrected chi connectivity index (χ3v) is 5.49. The van der Waals surface area contributed by atoms with Crippen LogP contribution in [0.5, 0.6) is 0 Å². The van der Waals surface area contributed by atoms with Crippen molar-refractivity contribution in [2.45, 2.75) is 44.8 Å². The van der Waals surface area contributed by atoms with Gasteiger partial charge in [0.15, 0.2) is 11.8 Å². The molecule has 1 aromatic heterocycles. The molecule has 1 unspecified atom stereocenters. The Kier molecular flexibility index (Phi) is 4.89. The second-order valence-electron chi connectivity index (χ2n) is 7.32. The molecule has 4 rings (SSSR count). The van der Waals surface area contributed by atoms with E-state index >= 15 is 0 Å². The number of rotatable bonds is 4. The van der Waals surface area contributed by atoms with Gasteiger partial charge in [0.1, 0.15) is 12.4 Å². The molecule has 8 nitrogen and oxygen atoms in total. The average molecular weight is 347 g/mol. The van der Waals surface area contributed by atoms with Gasteiger partial charge < -0.3 is 19.5 Å². The summed E-state index contributed by atoms with van der Waals surface area (Å²) in [4.78, 5) is 9.87. The van der Waals surface area contributed by atoms with E-state index < -0.39 is 0 Å². The largest absolute Gasteiger partial charge is 0.379 e. The molecule has 0 spiro atoms. The van der Waals surface area contributed by atoms with E-state index in [1.54, 1.807) is 0 Å². The minimum atomic E-state index is 0.575. The van der Waals surface area contributed by atoms with E-state index in [9.17, 15) is 0 Å². The van der Waals surface area contributed by atoms with Crippen molar-refractivity contribution in [3.8, 4) is 0 Å². The Morgan fingerprint density at radius 1 is 1.20 bits per heavy atom. The first-order valence-corrected chi connectivity index (χ1v) is 9.43. The predicted molar refractivity (Wildman–Crippen MR) is 95.4 cm³/mol. The van der Waals surface area contributed by atoms with Crippen molar-refractivity contribution in [2.24, 2.45) is 12.0 Å². The van der Waals surface area contributed by atoms with E-state index in [2.05, 4.69) is 25.3 Å². The van der Waals surface area contributed by atoms with Crippen molar-refractivity contribution in [3.05, 3.63) is 11.6 Å². The fraction of sp³-hybridized carbons (Fsp3) is 0.824. The van der Waals surface area contributed by atoms with Crippen LogP contribution in [0.2, 0.25) is 0 Å². The Balaban J connectivity index is 1.41. The van der Waals surface area contributed by atoms with E-state index in [0.717, 1.165) is 57.0 Å². The lowest BCUT2D eigenvalue weighted by atomic mass is 10.2. The lowest BCUT2D eigenvalue weighted by Crippen LogP contribution is -2.47. The summed E-state index contributed by atoms with van der Waals surface area (Å²) >= 11 is 0. The Morgan fingerprint density at radius 2 is 2.00 bits per heavy atom. The highest BCUT2D eigenvalue weighted by Crippen LogP contribution is 2.22. The van der Waals surface area contributed by atoms with Crippen LogP contribution < -0.4 is 5.32 Å². The molecule has 2 saturated heterocycles. The van der Waals surface area contributed by atoms with Crippen LogP contribution in [-0.2, 0) is 18.3 Å². The molecular formula is C17H29N7O. The van der Waals surface area contributed by atoms with Crippen LogP contribution in [0.3, 0.4) is 0 Å². The lowest BCUT2D eigenvalue weighted by Gasteiger charge is -2.32. The first kappa shape index (κ1) is 16.8. The second-order valence-corrected chi connectivity index (χ2v) is 7.32. The number of ether oxygens (including phenoxy) is 1. The van der Waals surface area contributed by atoms with Crippen LogP contribution >= 0.6 is 0 Å². The van der Waals surface area contributed by atoms with Gasteiger partial charge in [-0.15, -0.1) is 10.2 Å². The molecule has 2 aliphatic heterocycles. The molecule has 1 saturated carbocycles. The Morgan fingerprint density at radius 3 is 2.68 bits per heavy atom. The number of hydrogen-bond acceptors (Lipinski definition) is 5. The summed E-state index contributed by atoms with van der Waals surface area (Å²) in [6.07, 6.45) is 3.71. The molecule has 3 heterocycles. The third-order valence-electron chi connectivity index (χ3n) is 5.49. The maximum Gasteiger partial charge on any atom is 0.194 e. The highest BCUT2D eigenvalue weighted by atomic mass is 16.5. The van der Waals surface area contributed by atoms with Crippen LogP contribution in [0.25, 0.3) is 0 Å². The number of aryl methyl sites for hydroxylation is 1. The monoisotopic (exact) mass is 347 g/mol. The van der Waals surface area contributed by atoms with Crippen molar-refractivity contribution < 1.29 is 4.74 Å². The number of aromatic nitrogens is 3. The van der Waals surface area contributed by atoms with Gasteiger partial charge in [0.05, 0.1) is 13.2 Å². The van der Waals surface area contributed by atoms with Gasteiger partial charge in [-0.25, -0.2) is 4.99 Å². The summed E-state index contributed by atoms with van der Waals surface area (Å²) in [6, 6.07) is 1.22. The molecule has 1 N–H and O–H groups in total. The number of nitrogens with zero attached hydrogens (tertiary/aromatic N) is 6. The van der Waals surface area contributed by atoms with Gasteiger partial charge in [-0.05, 0) is 26.2 Å². The van der Waals surface area contributed by atoms with Gasteiger partial charge in [-0.3, -0.25) is 4.90 Å². The molecule has 1 atom stereocenters. The van der Waals surface area contributed by atoms with E-state index in [-0.39, 0.29) is 0 Å². The zero-order valence-corrected chi connectivity index (χ0v) is 15.3. The van der Waals surface area contributed by atoms with Crippen LogP contribution in [0.15, 0.2) is 4.99 Å². The van der Waals surface area contributed by atoms with Crippen molar-refractivity contribution in [2.75, 3.05) is 39.4 Å². The van der Waals surface area contributed by atoms with Crippen molar-refractivity contribution in [1.82, 2.24) is 29.9 Å². The van der Waals surface area contributed by atoms with Crippen LogP contribution in [0.1, 0.15) is 30.9 Å². The zero-order valence-electron chi connectivity index (χ0n) is 15.3. The zero-order chi connectivity index (χ0) is 17.2. The minimum absolute atomic E-state index is 0.575. The normalized spacial score (nSPS) is 25.6. The molecule has 8 heteroatoms. The van der Waals surface area contributed by atoms with Crippen molar-refractivity contribution in [1.29, 1.82) is 0 Å². The molecular weight excluding hydrogens is 318 g/mol. The van der Waals surface area contributed by atoms with E-state index in [1.165, 1.54) is 19.3 Å². The van der Waals surface area contributed by atoms with Gasteiger partial charge in [0.25, 0.3) is 0 Å². The highest BCUT2D eigenvalue weighted by molar-refractivity contribution is 5.81. The molecule has 3 fully saturated rings. The van der Waals surface area contributed by atoms with Gasteiger partial charge in [-0.1, -0.05) is 0 Å². The summed E-state index contributed by atoms with van der Waals surface area (Å²) in [6.45, 7) is 8.50. The van der Waals surface area contributed by atoms with E-state index in [4.69, 9.17) is 9.73 Å². The Labute approximate surface area is 149 Å². The number of aliphatic imine (C=N–C) groups is 1. The maximum atomic E-state index is 5.49. The smallest absolute Gasteiger partial charge is 0.194 e. The molecule has 1 aromatic rings. The van der Waals surface area contributed by atoms with E-state index in [0.29, 0.717) is 18.6 Å².